The molecule has 1 saturated carbocycles. The molecule has 2 fully saturated rings. The molecule has 5 nitrogen and oxygen atoms in total. The maximum absolute atomic E-state index is 14.1. The Balaban J connectivity index is 1.82. The molecule has 1 amide bonds. The highest BCUT2D eigenvalue weighted by Gasteiger charge is 2.44. The van der Waals surface area contributed by atoms with Crippen molar-refractivity contribution in [2.24, 2.45) is 0 Å². The van der Waals surface area contributed by atoms with Crippen LogP contribution in [0, 0.1) is 6.92 Å². The van der Waals surface area contributed by atoms with Gasteiger partial charge in [-0.2, -0.15) is 13.2 Å². The largest absolute Gasteiger partial charge is 0.418 e. The molecule has 190 valence electrons. The Hall–Kier alpha value is -2.56. The summed E-state index contributed by atoms with van der Waals surface area (Å²) in [6.45, 7) is 1.26. The van der Waals surface area contributed by atoms with Gasteiger partial charge in [0.1, 0.15) is 5.82 Å². The summed E-state index contributed by atoms with van der Waals surface area (Å²) in [5.41, 5.74) is -1.35. The summed E-state index contributed by atoms with van der Waals surface area (Å²) in [7, 11) is -1.33. The predicted molar refractivity (Wildman–Crippen MR) is 124 cm³/mol. The number of alkyl halides is 5. The molecular weight excluding hydrogens is 489 g/mol. The van der Waals surface area contributed by atoms with E-state index in [0.717, 1.165) is 0 Å². The number of benzene rings is 1. The lowest BCUT2D eigenvalue weighted by molar-refractivity contribution is -0.139. The van der Waals surface area contributed by atoms with Crippen LogP contribution in [0.15, 0.2) is 29.2 Å². The van der Waals surface area contributed by atoms with Gasteiger partial charge in [0.2, 0.25) is 5.92 Å². The third-order valence-corrected chi connectivity index (χ3v) is 7.29. The number of carbonyl (C=O) groups excluding carboxylic acids is 1. The predicted octanol–water partition coefficient (Wildman–Crippen LogP) is 5.90. The van der Waals surface area contributed by atoms with Crippen molar-refractivity contribution in [2.45, 2.75) is 61.9 Å². The molecule has 0 spiro atoms. The molecule has 2 heterocycles. The number of halogens is 5. The number of rotatable bonds is 5. The maximum atomic E-state index is 14.1. The van der Waals surface area contributed by atoms with Gasteiger partial charge in [-0.05, 0) is 49.9 Å². The van der Waals surface area contributed by atoms with Crippen LogP contribution in [-0.4, -0.2) is 40.4 Å². The summed E-state index contributed by atoms with van der Waals surface area (Å²) in [5, 5.41) is 2.59. The first-order valence-corrected chi connectivity index (χ1v) is 12.9. The zero-order chi connectivity index (χ0) is 25.5. The van der Waals surface area contributed by atoms with Crippen molar-refractivity contribution >= 4 is 28.2 Å². The molecule has 2 aliphatic rings. The monoisotopic (exact) mass is 515 g/mol. The van der Waals surface area contributed by atoms with E-state index in [2.05, 4.69) is 10.3 Å². The molecule has 2 aromatic rings. The maximum Gasteiger partial charge on any atom is 0.418 e. The standard InChI is InChI=1S/C24H26F5N3O2S/c1-14-18(22(33)30-16-5-3-6-17(13-16)35(2)34)21(32-11-4-9-23(25,26)10-12-32)31-20(15-7-8-15)19(14)24(27,28)29/h3,5-6,13,15H,4,7-12H2,1-2H3,(H,30,33)/t35-/m0/s1. The highest BCUT2D eigenvalue weighted by atomic mass is 32.2. The van der Waals surface area contributed by atoms with E-state index in [1.165, 1.54) is 30.2 Å². The summed E-state index contributed by atoms with van der Waals surface area (Å²) in [4.78, 5) is 19.7. The van der Waals surface area contributed by atoms with Crippen LogP contribution < -0.4 is 10.2 Å². The lowest BCUT2D eigenvalue weighted by Crippen LogP contribution is -2.31. The van der Waals surface area contributed by atoms with E-state index in [9.17, 15) is 31.0 Å². The number of nitrogens with zero attached hydrogens (tertiary/aromatic N) is 2. The Labute approximate surface area is 202 Å². The van der Waals surface area contributed by atoms with Crippen LogP contribution in [0.2, 0.25) is 0 Å². The number of aromatic nitrogens is 1. The summed E-state index contributed by atoms with van der Waals surface area (Å²) >= 11 is 0. The minimum absolute atomic E-state index is 0.00261. The zero-order valence-corrected chi connectivity index (χ0v) is 20.2. The van der Waals surface area contributed by atoms with Gasteiger partial charge in [0, 0.05) is 59.5 Å². The molecule has 1 aromatic heterocycles. The van der Waals surface area contributed by atoms with E-state index < -0.39 is 40.8 Å². The van der Waals surface area contributed by atoms with Gasteiger partial charge in [0.25, 0.3) is 5.91 Å². The van der Waals surface area contributed by atoms with Crippen LogP contribution in [0.25, 0.3) is 0 Å². The first-order chi connectivity index (χ1) is 16.4. The van der Waals surface area contributed by atoms with Crippen LogP contribution in [0.5, 0.6) is 0 Å². The van der Waals surface area contributed by atoms with Gasteiger partial charge < -0.3 is 10.2 Å². The number of hydrogen-bond donors (Lipinski definition) is 1. The molecule has 1 aliphatic heterocycles. The van der Waals surface area contributed by atoms with Gasteiger partial charge in [0.15, 0.2) is 0 Å². The molecule has 0 radical (unpaired) electrons. The highest BCUT2D eigenvalue weighted by molar-refractivity contribution is 7.84. The van der Waals surface area contributed by atoms with E-state index in [1.807, 2.05) is 0 Å². The lowest BCUT2D eigenvalue weighted by Gasteiger charge is -2.28. The lowest BCUT2D eigenvalue weighted by atomic mass is 9.97. The fraction of sp³-hybridized carbons (Fsp3) is 0.500. The van der Waals surface area contributed by atoms with Crippen LogP contribution in [-0.2, 0) is 17.0 Å². The first-order valence-electron chi connectivity index (χ1n) is 11.4. The van der Waals surface area contributed by atoms with Gasteiger partial charge in [-0.1, -0.05) is 6.07 Å². The second-order valence-corrected chi connectivity index (χ2v) is 10.5. The average Bonchev–Trinajstić information content (AvgIpc) is 3.60. The van der Waals surface area contributed by atoms with Crippen molar-refractivity contribution in [2.75, 3.05) is 29.6 Å². The smallest absolute Gasteiger partial charge is 0.356 e. The topological polar surface area (TPSA) is 62.3 Å². The normalized spacial score (nSPS) is 19.2. The number of anilines is 2. The van der Waals surface area contributed by atoms with Crippen molar-refractivity contribution < 1.29 is 31.0 Å². The molecule has 1 atom stereocenters. The molecule has 4 rings (SSSR count). The van der Waals surface area contributed by atoms with Gasteiger partial charge in [-0.3, -0.25) is 9.00 Å². The van der Waals surface area contributed by atoms with E-state index in [0.29, 0.717) is 17.7 Å². The Kier molecular flexibility index (Phi) is 6.91. The van der Waals surface area contributed by atoms with Gasteiger partial charge in [-0.25, -0.2) is 13.8 Å². The van der Waals surface area contributed by atoms with E-state index in [-0.39, 0.29) is 60.2 Å². The van der Waals surface area contributed by atoms with E-state index in [1.54, 1.807) is 12.1 Å². The van der Waals surface area contributed by atoms with Crippen LogP contribution in [0.3, 0.4) is 0 Å². The van der Waals surface area contributed by atoms with Gasteiger partial charge >= 0.3 is 6.18 Å². The minimum atomic E-state index is -4.73. The van der Waals surface area contributed by atoms with Crippen molar-refractivity contribution in [1.82, 2.24) is 4.98 Å². The second kappa shape index (κ2) is 9.48. The van der Waals surface area contributed by atoms with E-state index in [4.69, 9.17) is 0 Å². The van der Waals surface area contributed by atoms with Crippen molar-refractivity contribution in [3.05, 3.63) is 46.6 Å². The van der Waals surface area contributed by atoms with Crippen molar-refractivity contribution in [1.29, 1.82) is 0 Å². The molecule has 0 bridgehead atoms. The molecular formula is C24H26F5N3O2S. The summed E-state index contributed by atoms with van der Waals surface area (Å²) in [6.07, 6.45) is -2.83. The molecule has 1 saturated heterocycles. The average molecular weight is 516 g/mol. The van der Waals surface area contributed by atoms with Crippen molar-refractivity contribution in [3.63, 3.8) is 0 Å². The third kappa shape index (κ3) is 5.65. The fourth-order valence-electron chi connectivity index (χ4n) is 4.44. The Bertz CT molecular complexity index is 1160. The molecule has 1 N–H and O–H groups in total. The third-order valence-electron chi connectivity index (χ3n) is 6.37. The fourth-order valence-corrected chi connectivity index (χ4v) is 5.01. The number of carbonyl (C=O) groups is 1. The number of pyridine rings is 1. The highest BCUT2D eigenvalue weighted by Crippen LogP contribution is 2.48. The molecule has 35 heavy (non-hydrogen) atoms. The molecule has 1 aromatic carbocycles. The zero-order valence-electron chi connectivity index (χ0n) is 19.3. The molecule has 11 heteroatoms. The Morgan fingerprint density at radius 3 is 2.54 bits per heavy atom. The first kappa shape index (κ1) is 25.5. The van der Waals surface area contributed by atoms with Crippen LogP contribution in [0.1, 0.15) is 65.2 Å². The molecule has 1 aliphatic carbocycles. The van der Waals surface area contributed by atoms with E-state index >= 15 is 0 Å². The van der Waals surface area contributed by atoms with Gasteiger partial charge in [0.05, 0.1) is 16.8 Å². The summed E-state index contributed by atoms with van der Waals surface area (Å²) in [5.74, 6) is -4.07. The Morgan fingerprint density at radius 1 is 1.20 bits per heavy atom. The van der Waals surface area contributed by atoms with Crippen LogP contribution in [0.4, 0.5) is 33.5 Å². The Morgan fingerprint density at radius 2 is 1.91 bits per heavy atom. The summed E-state index contributed by atoms with van der Waals surface area (Å²) < 4.78 is 82.2. The number of hydrogen-bond acceptors (Lipinski definition) is 4. The SMILES string of the molecule is Cc1c(C(=O)Nc2cccc([S@](C)=O)c2)c(N2CCCC(F)(F)CC2)nc(C2CC2)c1C(F)(F)F. The van der Waals surface area contributed by atoms with Gasteiger partial charge in [-0.15, -0.1) is 0 Å². The van der Waals surface area contributed by atoms with Crippen molar-refractivity contribution in [3.8, 4) is 0 Å². The molecule has 0 unspecified atom stereocenters. The quantitative estimate of drug-likeness (QED) is 0.504. The second-order valence-electron chi connectivity index (χ2n) is 9.10. The number of amides is 1. The number of nitrogens with one attached hydrogen (secondary N) is 1. The van der Waals surface area contributed by atoms with Crippen LogP contribution >= 0.6 is 0 Å². The summed E-state index contributed by atoms with van der Waals surface area (Å²) in [6, 6.07) is 6.19. The minimum Gasteiger partial charge on any atom is -0.356 e.